The molecule has 0 fully saturated rings. The summed E-state index contributed by atoms with van der Waals surface area (Å²) in [7, 11) is 0. The SMILES string of the molecule is O=[N+]([O-])C=Cc1ccccc1OC(F)(F)F. The van der Waals surface area contributed by atoms with Crippen LogP contribution in [0.4, 0.5) is 13.2 Å². The minimum absolute atomic E-state index is 0.0171. The Bertz CT molecular complexity index is 415. The molecule has 7 heteroatoms. The second kappa shape index (κ2) is 4.65. The molecule has 86 valence electrons. The predicted molar refractivity (Wildman–Crippen MR) is 49.2 cm³/mol. The monoisotopic (exact) mass is 233 g/mol. The van der Waals surface area contributed by atoms with Gasteiger partial charge in [-0.2, -0.15) is 0 Å². The minimum Gasteiger partial charge on any atom is -0.405 e. The van der Waals surface area contributed by atoms with Crippen LogP contribution in [-0.2, 0) is 0 Å². The first-order chi connectivity index (χ1) is 7.38. The molecule has 1 aromatic rings. The summed E-state index contributed by atoms with van der Waals surface area (Å²) in [5.41, 5.74) is -0.0171. The number of hydrogen-bond acceptors (Lipinski definition) is 3. The minimum atomic E-state index is -4.82. The van der Waals surface area contributed by atoms with E-state index in [-0.39, 0.29) is 5.56 Å². The Hall–Kier alpha value is -2.05. The largest absolute Gasteiger partial charge is 0.573 e. The molecule has 0 unspecified atom stereocenters. The van der Waals surface area contributed by atoms with Crippen molar-refractivity contribution in [1.29, 1.82) is 0 Å². The zero-order valence-corrected chi connectivity index (χ0v) is 7.77. The third-order valence-corrected chi connectivity index (χ3v) is 1.52. The molecule has 4 nitrogen and oxygen atoms in total. The van der Waals surface area contributed by atoms with Gasteiger partial charge in [0.2, 0.25) is 6.20 Å². The summed E-state index contributed by atoms with van der Waals surface area (Å²) in [5, 5.41) is 10.0. The van der Waals surface area contributed by atoms with Crippen molar-refractivity contribution in [2.45, 2.75) is 6.36 Å². The maximum absolute atomic E-state index is 11.9. The van der Waals surface area contributed by atoms with Gasteiger partial charge in [-0.05, 0) is 6.07 Å². The van der Waals surface area contributed by atoms with E-state index < -0.39 is 17.0 Å². The molecule has 0 aliphatic carbocycles. The molecule has 0 aliphatic rings. The van der Waals surface area contributed by atoms with Gasteiger partial charge in [-0.15, -0.1) is 13.2 Å². The van der Waals surface area contributed by atoms with Crippen LogP contribution in [0.3, 0.4) is 0 Å². The summed E-state index contributed by atoms with van der Waals surface area (Å²) >= 11 is 0. The van der Waals surface area contributed by atoms with Crippen LogP contribution in [0.2, 0.25) is 0 Å². The lowest BCUT2D eigenvalue weighted by atomic mass is 10.2. The molecular weight excluding hydrogens is 227 g/mol. The van der Waals surface area contributed by atoms with Gasteiger partial charge in [0.25, 0.3) is 0 Å². The number of nitrogens with zero attached hydrogens (tertiary/aromatic N) is 1. The summed E-state index contributed by atoms with van der Waals surface area (Å²) in [5.74, 6) is -0.479. The maximum Gasteiger partial charge on any atom is 0.573 e. The Kier molecular flexibility index (Phi) is 3.49. The van der Waals surface area contributed by atoms with E-state index in [0.717, 1.165) is 12.1 Å². The van der Waals surface area contributed by atoms with Gasteiger partial charge in [0.1, 0.15) is 5.75 Å². The van der Waals surface area contributed by atoms with Gasteiger partial charge >= 0.3 is 6.36 Å². The number of nitro groups is 1. The molecule has 0 saturated heterocycles. The average Bonchev–Trinajstić information content (AvgIpc) is 2.14. The molecule has 0 atom stereocenters. The molecule has 0 radical (unpaired) electrons. The van der Waals surface area contributed by atoms with Crippen molar-refractivity contribution in [3.05, 3.63) is 46.1 Å². The molecule has 1 rings (SSSR count). The Balaban J connectivity index is 2.96. The third kappa shape index (κ3) is 3.99. The molecule has 1 aromatic carbocycles. The smallest absolute Gasteiger partial charge is 0.405 e. The average molecular weight is 233 g/mol. The number of ether oxygens (including phenoxy) is 1. The quantitative estimate of drug-likeness (QED) is 0.595. The van der Waals surface area contributed by atoms with Crippen molar-refractivity contribution in [3.8, 4) is 5.75 Å². The van der Waals surface area contributed by atoms with Gasteiger partial charge in [0, 0.05) is 11.6 Å². The van der Waals surface area contributed by atoms with E-state index >= 15 is 0 Å². The highest BCUT2D eigenvalue weighted by Gasteiger charge is 2.31. The van der Waals surface area contributed by atoms with Crippen LogP contribution >= 0.6 is 0 Å². The zero-order chi connectivity index (χ0) is 12.2. The molecule has 0 aromatic heterocycles. The summed E-state index contributed by atoms with van der Waals surface area (Å²) in [6, 6.07) is 5.14. The van der Waals surface area contributed by atoms with Gasteiger partial charge in [0.05, 0.1) is 4.92 Å². The molecule has 0 aliphatic heterocycles. The second-order valence-corrected chi connectivity index (χ2v) is 2.69. The van der Waals surface area contributed by atoms with Crippen molar-refractivity contribution in [3.63, 3.8) is 0 Å². The third-order valence-electron chi connectivity index (χ3n) is 1.52. The first kappa shape index (κ1) is 12.0. The summed E-state index contributed by atoms with van der Waals surface area (Å²) in [4.78, 5) is 9.25. The van der Waals surface area contributed by atoms with Gasteiger partial charge in [-0.3, -0.25) is 10.1 Å². The summed E-state index contributed by atoms with van der Waals surface area (Å²) in [6.07, 6.45) is -3.35. The van der Waals surface area contributed by atoms with Gasteiger partial charge in [0.15, 0.2) is 0 Å². The fraction of sp³-hybridized carbons (Fsp3) is 0.111. The normalized spacial score (nSPS) is 11.7. The van der Waals surface area contributed by atoms with Crippen molar-refractivity contribution in [1.82, 2.24) is 0 Å². The molecule has 0 amide bonds. The van der Waals surface area contributed by atoms with E-state index in [9.17, 15) is 23.3 Å². The van der Waals surface area contributed by atoms with Crippen molar-refractivity contribution in [2.75, 3.05) is 0 Å². The number of alkyl halides is 3. The lowest BCUT2D eigenvalue weighted by Crippen LogP contribution is -2.17. The van der Waals surface area contributed by atoms with Crippen LogP contribution in [0.15, 0.2) is 30.5 Å². The molecule has 0 spiro atoms. The van der Waals surface area contributed by atoms with Crippen LogP contribution in [0.1, 0.15) is 5.56 Å². The first-order valence-electron chi connectivity index (χ1n) is 4.05. The van der Waals surface area contributed by atoms with Crippen LogP contribution in [0.5, 0.6) is 5.75 Å². The van der Waals surface area contributed by atoms with Crippen LogP contribution in [0.25, 0.3) is 6.08 Å². The van der Waals surface area contributed by atoms with Crippen LogP contribution in [0, 0.1) is 10.1 Å². The predicted octanol–water partition coefficient (Wildman–Crippen LogP) is 2.83. The number of hydrogen-bond donors (Lipinski definition) is 0. The van der Waals surface area contributed by atoms with Crippen LogP contribution < -0.4 is 4.74 Å². The second-order valence-electron chi connectivity index (χ2n) is 2.69. The lowest BCUT2D eigenvalue weighted by molar-refractivity contribution is -0.401. The van der Waals surface area contributed by atoms with E-state index in [1.165, 1.54) is 18.2 Å². The van der Waals surface area contributed by atoms with Gasteiger partial charge in [-0.25, -0.2) is 0 Å². The highest BCUT2D eigenvalue weighted by Crippen LogP contribution is 2.26. The number of benzene rings is 1. The Morgan fingerprint density at radius 2 is 1.94 bits per heavy atom. The Morgan fingerprint density at radius 1 is 1.31 bits per heavy atom. The molecular formula is C9H6F3NO3. The lowest BCUT2D eigenvalue weighted by Gasteiger charge is -2.10. The van der Waals surface area contributed by atoms with Crippen LogP contribution in [-0.4, -0.2) is 11.3 Å². The fourth-order valence-electron chi connectivity index (χ4n) is 0.977. The Morgan fingerprint density at radius 3 is 2.50 bits per heavy atom. The van der Waals surface area contributed by atoms with E-state index in [1.807, 2.05) is 0 Å². The molecule has 0 heterocycles. The highest BCUT2D eigenvalue weighted by molar-refractivity contribution is 5.56. The van der Waals surface area contributed by atoms with E-state index in [2.05, 4.69) is 4.74 Å². The maximum atomic E-state index is 11.9. The molecule has 0 N–H and O–H groups in total. The first-order valence-corrected chi connectivity index (χ1v) is 4.05. The summed E-state index contributed by atoms with van der Waals surface area (Å²) < 4.78 is 39.5. The van der Waals surface area contributed by atoms with Gasteiger partial charge in [-0.1, -0.05) is 18.2 Å². The van der Waals surface area contributed by atoms with Crippen molar-refractivity contribution in [2.24, 2.45) is 0 Å². The Labute approximate surface area is 88.1 Å². The molecule has 0 bridgehead atoms. The number of para-hydroxylation sites is 1. The van der Waals surface area contributed by atoms with Crippen molar-refractivity contribution < 1.29 is 22.8 Å². The highest BCUT2D eigenvalue weighted by atomic mass is 19.4. The van der Waals surface area contributed by atoms with E-state index in [0.29, 0.717) is 6.20 Å². The molecule has 16 heavy (non-hydrogen) atoms. The standard InChI is InChI=1S/C9H6F3NO3/c10-9(11,12)16-8-4-2-1-3-7(8)5-6-13(14)15/h1-6H. The number of rotatable bonds is 3. The van der Waals surface area contributed by atoms with E-state index in [1.54, 1.807) is 0 Å². The van der Waals surface area contributed by atoms with Gasteiger partial charge < -0.3 is 4.74 Å². The molecule has 0 saturated carbocycles. The van der Waals surface area contributed by atoms with E-state index in [4.69, 9.17) is 0 Å². The van der Waals surface area contributed by atoms with Crippen molar-refractivity contribution >= 4 is 6.08 Å². The zero-order valence-electron chi connectivity index (χ0n) is 7.77. The number of halogens is 3. The fourth-order valence-corrected chi connectivity index (χ4v) is 0.977. The topological polar surface area (TPSA) is 52.4 Å². The summed E-state index contributed by atoms with van der Waals surface area (Å²) in [6.45, 7) is 0.